The molecule has 7 nitrogen and oxygen atoms in total. The lowest BCUT2D eigenvalue weighted by atomic mass is 9.92. The number of hydrogen-bond donors (Lipinski definition) is 1. The number of nitrogens with zero attached hydrogens (tertiary/aromatic N) is 3. The number of rotatable bonds is 4. The molecule has 0 unspecified atom stereocenters. The van der Waals surface area contributed by atoms with Crippen LogP contribution in [0.2, 0.25) is 0 Å². The van der Waals surface area contributed by atoms with Crippen LogP contribution in [-0.2, 0) is 20.9 Å². The molecule has 0 saturated carbocycles. The van der Waals surface area contributed by atoms with Gasteiger partial charge in [-0.05, 0) is 36.6 Å². The molecule has 1 aromatic heterocycles. The van der Waals surface area contributed by atoms with E-state index in [4.69, 9.17) is 0 Å². The molecule has 2 saturated heterocycles. The maximum atomic E-state index is 13.2. The fourth-order valence-corrected chi connectivity index (χ4v) is 4.61. The molecule has 2 fully saturated rings. The van der Waals surface area contributed by atoms with E-state index in [1.807, 2.05) is 54.3 Å². The Labute approximate surface area is 176 Å². The standard InChI is InChI=1S/C23H26N4O3/c1-15-10-17(8-9-24-15)12-25-23(30)20-11-19-13-26(16(2)28)14-21(29)27(19)22(20)18-6-4-3-5-7-18/h3-10,19-20,22H,11-14H2,1-2H3,(H,25,30)/t19-,20-,22-/m0/s1. The molecule has 3 atom stereocenters. The van der Waals surface area contributed by atoms with Crippen LogP contribution in [0.5, 0.6) is 0 Å². The first-order chi connectivity index (χ1) is 14.4. The van der Waals surface area contributed by atoms with Gasteiger partial charge in [0.05, 0.1) is 24.5 Å². The molecule has 0 aliphatic carbocycles. The summed E-state index contributed by atoms with van der Waals surface area (Å²) in [6.07, 6.45) is 2.27. The maximum Gasteiger partial charge on any atom is 0.243 e. The molecule has 3 amide bonds. The average Bonchev–Trinajstić information content (AvgIpc) is 3.13. The second-order valence-corrected chi connectivity index (χ2v) is 8.08. The van der Waals surface area contributed by atoms with Crippen LogP contribution in [0.4, 0.5) is 0 Å². The van der Waals surface area contributed by atoms with Crippen molar-refractivity contribution in [3.63, 3.8) is 0 Å². The number of piperazine rings is 1. The Kier molecular flexibility index (Phi) is 5.53. The van der Waals surface area contributed by atoms with Crippen molar-refractivity contribution in [3.8, 4) is 0 Å². The van der Waals surface area contributed by atoms with E-state index in [9.17, 15) is 14.4 Å². The minimum absolute atomic E-state index is 0.0692. The van der Waals surface area contributed by atoms with Crippen molar-refractivity contribution in [1.29, 1.82) is 0 Å². The van der Waals surface area contributed by atoms with Crippen molar-refractivity contribution < 1.29 is 14.4 Å². The van der Waals surface area contributed by atoms with Crippen LogP contribution in [-0.4, -0.2) is 51.6 Å². The summed E-state index contributed by atoms with van der Waals surface area (Å²) in [6, 6.07) is 13.0. The number of benzene rings is 1. The predicted octanol–water partition coefficient (Wildman–Crippen LogP) is 1.83. The monoisotopic (exact) mass is 406 g/mol. The molecule has 156 valence electrons. The van der Waals surface area contributed by atoms with E-state index in [0.717, 1.165) is 16.8 Å². The van der Waals surface area contributed by atoms with E-state index >= 15 is 0 Å². The van der Waals surface area contributed by atoms with Crippen LogP contribution >= 0.6 is 0 Å². The van der Waals surface area contributed by atoms with Crippen LogP contribution in [0.3, 0.4) is 0 Å². The van der Waals surface area contributed by atoms with Crippen molar-refractivity contribution in [2.45, 2.75) is 38.9 Å². The number of fused-ring (bicyclic) bond motifs is 1. The first-order valence-corrected chi connectivity index (χ1v) is 10.2. The molecule has 4 rings (SSSR count). The van der Waals surface area contributed by atoms with E-state index in [-0.39, 0.29) is 42.3 Å². The molecule has 1 N–H and O–H groups in total. The van der Waals surface area contributed by atoms with Gasteiger partial charge in [-0.25, -0.2) is 0 Å². The zero-order valence-electron chi connectivity index (χ0n) is 17.2. The van der Waals surface area contributed by atoms with E-state index in [0.29, 0.717) is 19.5 Å². The normalized spacial score (nSPS) is 23.3. The Hall–Kier alpha value is -3.22. The topological polar surface area (TPSA) is 82.6 Å². The second-order valence-electron chi connectivity index (χ2n) is 8.08. The second kappa shape index (κ2) is 8.26. The molecule has 2 aliphatic rings. The molecular weight excluding hydrogens is 380 g/mol. The van der Waals surface area contributed by atoms with Gasteiger partial charge in [0.25, 0.3) is 0 Å². The van der Waals surface area contributed by atoms with Gasteiger partial charge in [0.1, 0.15) is 0 Å². The molecule has 2 aliphatic heterocycles. The highest BCUT2D eigenvalue weighted by molar-refractivity contribution is 5.88. The van der Waals surface area contributed by atoms with Crippen molar-refractivity contribution in [1.82, 2.24) is 20.1 Å². The van der Waals surface area contributed by atoms with Crippen LogP contribution in [0.25, 0.3) is 0 Å². The molecule has 0 spiro atoms. The molecule has 2 aromatic rings. The predicted molar refractivity (Wildman–Crippen MR) is 111 cm³/mol. The number of hydrogen-bond acceptors (Lipinski definition) is 4. The lowest BCUT2D eigenvalue weighted by Crippen LogP contribution is -2.55. The molecular formula is C23H26N4O3. The van der Waals surface area contributed by atoms with E-state index in [1.54, 1.807) is 11.1 Å². The summed E-state index contributed by atoms with van der Waals surface area (Å²) in [7, 11) is 0. The highest BCUT2D eigenvalue weighted by Crippen LogP contribution is 2.43. The van der Waals surface area contributed by atoms with Gasteiger partial charge in [0.2, 0.25) is 17.7 Å². The minimum atomic E-state index is -0.365. The van der Waals surface area contributed by atoms with Crippen molar-refractivity contribution in [2.75, 3.05) is 13.1 Å². The summed E-state index contributed by atoms with van der Waals surface area (Å²) < 4.78 is 0. The number of amides is 3. The van der Waals surface area contributed by atoms with Gasteiger partial charge in [0, 0.05) is 31.9 Å². The van der Waals surface area contributed by atoms with Crippen LogP contribution in [0.1, 0.15) is 36.2 Å². The Balaban J connectivity index is 1.58. The third kappa shape index (κ3) is 3.92. The molecule has 3 heterocycles. The molecule has 1 aromatic carbocycles. The van der Waals surface area contributed by atoms with Gasteiger partial charge in [-0.3, -0.25) is 19.4 Å². The van der Waals surface area contributed by atoms with Crippen molar-refractivity contribution in [2.24, 2.45) is 5.92 Å². The van der Waals surface area contributed by atoms with E-state index < -0.39 is 0 Å². The zero-order valence-corrected chi connectivity index (χ0v) is 17.2. The number of carbonyl (C=O) groups is 3. The third-order valence-corrected chi connectivity index (χ3v) is 6.00. The van der Waals surface area contributed by atoms with Crippen molar-refractivity contribution >= 4 is 17.7 Å². The number of pyridine rings is 1. The highest BCUT2D eigenvalue weighted by Gasteiger charge is 2.50. The summed E-state index contributed by atoms with van der Waals surface area (Å²) in [4.78, 5) is 45.6. The minimum Gasteiger partial charge on any atom is -0.352 e. The third-order valence-electron chi connectivity index (χ3n) is 6.00. The summed E-state index contributed by atoms with van der Waals surface area (Å²) >= 11 is 0. The number of nitrogens with one attached hydrogen (secondary N) is 1. The Morgan fingerprint density at radius 2 is 1.97 bits per heavy atom. The van der Waals surface area contributed by atoms with Crippen molar-refractivity contribution in [3.05, 3.63) is 65.5 Å². The summed E-state index contributed by atoms with van der Waals surface area (Å²) in [5.74, 6) is -0.651. The number of carbonyl (C=O) groups excluding carboxylic acids is 3. The molecule has 7 heteroatoms. The molecule has 30 heavy (non-hydrogen) atoms. The molecule has 0 bridgehead atoms. The Morgan fingerprint density at radius 1 is 1.20 bits per heavy atom. The van der Waals surface area contributed by atoms with Gasteiger partial charge >= 0.3 is 0 Å². The largest absolute Gasteiger partial charge is 0.352 e. The van der Waals surface area contributed by atoms with Gasteiger partial charge in [0.15, 0.2) is 0 Å². The number of aryl methyl sites for hydroxylation is 1. The smallest absolute Gasteiger partial charge is 0.243 e. The first-order valence-electron chi connectivity index (χ1n) is 10.2. The number of aromatic nitrogens is 1. The van der Waals surface area contributed by atoms with Crippen LogP contribution < -0.4 is 5.32 Å². The summed E-state index contributed by atoms with van der Waals surface area (Å²) in [5, 5.41) is 3.04. The van der Waals surface area contributed by atoms with E-state index in [1.165, 1.54) is 6.92 Å². The molecule has 0 radical (unpaired) electrons. The fourth-order valence-electron chi connectivity index (χ4n) is 4.61. The van der Waals surface area contributed by atoms with Crippen LogP contribution in [0, 0.1) is 12.8 Å². The average molecular weight is 406 g/mol. The zero-order chi connectivity index (χ0) is 21.3. The lowest BCUT2D eigenvalue weighted by molar-refractivity contribution is -0.148. The fraction of sp³-hybridized carbons (Fsp3) is 0.391. The van der Waals surface area contributed by atoms with Gasteiger partial charge < -0.3 is 15.1 Å². The maximum absolute atomic E-state index is 13.2. The quantitative estimate of drug-likeness (QED) is 0.840. The van der Waals surface area contributed by atoms with Gasteiger partial charge in [-0.15, -0.1) is 0 Å². The van der Waals surface area contributed by atoms with Gasteiger partial charge in [-0.2, -0.15) is 0 Å². The Bertz CT molecular complexity index is 962. The van der Waals surface area contributed by atoms with E-state index in [2.05, 4.69) is 10.3 Å². The first kappa shape index (κ1) is 20.1. The van der Waals surface area contributed by atoms with Crippen LogP contribution in [0.15, 0.2) is 48.7 Å². The Morgan fingerprint density at radius 3 is 2.67 bits per heavy atom. The summed E-state index contributed by atoms with van der Waals surface area (Å²) in [5.41, 5.74) is 2.84. The summed E-state index contributed by atoms with van der Waals surface area (Å²) in [6.45, 7) is 4.35. The highest BCUT2D eigenvalue weighted by atomic mass is 16.2. The van der Waals surface area contributed by atoms with Gasteiger partial charge in [-0.1, -0.05) is 30.3 Å². The SMILES string of the molecule is CC(=O)N1CC(=O)N2[C@@H](C[C@H](C(=O)NCc3ccnc(C)c3)[C@@H]2c2ccccc2)C1. The lowest BCUT2D eigenvalue weighted by Gasteiger charge is -2.39.